The molecule has 0 aromatic heterocycles. The van der Waals surface area contributed by atoms with E-state index in [0.29, 0.717) is 0 Å². The number of quaternary nitrogens is 1. The number of para-hydroxylation sites is 1. The van der Waals surface area contributed by atoms with Crippen molar-refractivity contribution in [1.82, 2.24) is 0 Å². The highest BCUT2D eigenvalue weighted by Crippen LogP contribution is 2.12. The Hall–Kier alpha value is -1.55. The summed E-state index contributed by atoms with van der Waals surface area (Å²) in [5.74, 6) is -1.62. The predicted molar refractivity (Wildman–Crippen MR) is 117 cm³/mol. The largest absolute Gasteiger partial charge is 0.872 e. The molecule has 1 rings (SSSR count). The number of benzene rings is 1. The maximum absolute atomic E-state index is 10.7. The molecular weight excluding hydrogens is 350 g/mol. The first kappa shape index (κ1) is 26.4. The molecule has 0 bridgehead atoms. The Morgan fingerprint density at radius 2 is 1.25 bits per heavy atom. The van der Waals surface area contributed by atoms with Crippen LogP contribution >= 0.6 is 0 Å². The zero-order valence-electron chi connectivity index (χ0n) is 18.7. The summed E-state index contributed by atoms with van der Waals surface area (Å²) in [5, 5.41) is 19.0. The fourth-order valence-electron chi connectivity index (χ4n) is 3.07. The number of carbonyl (C=O) groups is 1. The summed E-state index contributed by atoms with van der Waals surface area (Å²) < 4.78 is 1.12. The van der Waals surface area contributed by atoms with Gasteiger partial charge in [0.1, 0.15) is 0 Å². The van der Waals surface area contributed by atoms with Crippen molar-refractivity contribution in [2.75, 3.05) is 27.7 Å². The van der Waals surface area contributed by atoms with Gasteiger partial charge in [-0.15, -0.1) is 0 Å². The van der Waals surface area contributed by atoms with Crippen LogP contribution in [0, 0.1) is 0 Å². The van der Waals surface area contributed by atoms with E-state index in [0.717, 1.165) is 4.48 Å². The zero-order valence-corrected chi connectivity index (χ0v) is 18.7. The fraction of sp³-hybridized carbons (Fsp3) is 0.708. The second-order valence-electron chi connectivity index (χ2n) is 8.70. The van der Waals surface area contributed by atoms with Gasteiger partial charge in [0.05, 0.1) is 33.3 Å². The molecule has 0 aliphatic carbocycles. The molecule has 0 saturated heterocycles. The molecule has 0 unspecified atom stereocenters. The number of aromatic carboxylic acids is 1. The van der Waals surface area contributed by atoms with Gasteiger partial charge in [-0.25, -0.2) is 4.79 Å². The van der Waals surface area contributed by atoms with Crippen molar-refractivity contribution < 1.29 is 19.5 Å². The predicted octanol–water partition coefficient (Wildman–Crippen LogP) is 5.85. The third-order valence-corrected chi connectivity index (χ3v) is 4.80. The first-order valence-corrected chi connectivity index (χ1v) is 11.1. The van der Waals surface area contributed by atoms with Gasteiger partial charge < -0.3 is 14.7 Å². The molecule has 0 aliphatic rings. The number of unbranched alkanes of at least 4 members (excludes halogenated alkanes) is 11. The minimum Gasteiger partial charge on any atom is -0.872 e. The van der Waals surface area contributed by atoms with Crippen molar-refractivity contribution in [3.8, 4) is 5.75 Å². The molecule has 0 aliphatic heterocycles. The van der Waals surface area contributed by atoms with E-state index in [-0.39, 0.29) is 5.56 Å². The molecule has 1 aromatic carbocycles. The Kier molecular flexibility index (Phi) is 15.5. The lowest BCUT2D eigenvalue weighted by Crippen LogP contribution is -2.35. The second kappa shape index (κ2) is 16.4. The average Bonchev–Trinajstić information content (AvgIpc) is 2.62. The molecule has 1 aromatic rings. The Morgan fingerprint density at radius 1 is 0.821 bits per heavy atom. The number of carboxylic acid groups (broad SMARTS) is 1. The minimum absolute atomic E-state index is 0.178. The molecule has 0 saturated carbocycles. The van der Waals surface area contributed by atoms with Crippen molar-refractivity contribution >= 4 is 5.97 Å². The van der Waals surface area contributed by atoms with E-state index in [1.807, 2.05) is 0 Å². The van der Waals surface area contributed by atoms with Gasteiger partial charge in [-0.1, -0.05) is 95.1 Å². The summed E-state index contributed by atoms with van der Waals surface area (Å²) in [6.45, 7) is 3.62. The van der Waals surface area contributed by atoms with Gasteiger partial charge in [-0.3, -0.25) is 0 Å². The molecule has 0 spiro atoms. The molecule has 0 fully saturated rings. The highest BCUT2D eigenvalue weighted by Gasteiger charge is 2.05. The van der Waals surface area contributed by atoms with Crippen LogP contribution in [0.2, 0.25) is 0 Å². The van der Waals surface area contributed by atoms with Gasteiger partial charge in [-0.2, -0.15) is 0 Å². The van der Waals surface area contributed by atoms with Crippen LogP contribution in [0.15, 0.2) is 24.3 Å². The number of hydrogen-bond acceptors (Lipinski definition) is 2. The highest BCUT2D eigenvalue weighted by molar-refractivity contribution is 5.90. The van der Waals surface area contributed by atoms with Crippen LogP contribution in [0.25, 0.3) is 0 Å². The third-order valence-electron chi connectivity index (χ3n) is 4.80. The van der Waals surface area contributed by atoms with Crippen LogP contribution in [0.3, 0.4) is 0 Å². The van der Waals surface area contributed by atoms with Gasteiger partial charge in [0.2, 0.25) is 0 Å². The summed E-state index contributed by atoms with van der Waals surface area (Å²) in [5.41, 5.74) is -0.178. The van der Waals surface area contributed by atoms with Gasteiger partial charge in [-0.05, 0) is 18.9 Å². The van der Waals surface area contributed by atoms with Crippen LogP contribution in [-0.4, -0.2) is 43.2 Å². The standard InChI is InChI=1S/C17H38N.C7H6O3/c1-5-6-7-8-9-10-11-12-13-14-15-16-17-18(2,3)4;8-6-4-2-1-3-5(6)7(9)10/h5-17H2,1-4H3;1-4,8H,(H,9,10)/q+1;/p-1. The molecule has 162 valence electrons. The van der Waals surface area contributed by atoms with E-state index in [2.05, 4.69) is 28.1 Å². The van der Waals surface area contributed by atoms with Gasteiger partial charge in [0.25, 0.3) is 0 Å². The lowest BCUT2D eigenvalue weighted by atomic mass is 10.1. The van der Waals surface area contributed by atoms with Crippen LogP contribution in [0.5, 0.6) is 5.75 Å². The topological polar surface area (TPSA) is 60.4 Å². The number of nitrogens with zero attached hydrogens (tertiary/aromatic N) is 1. The van der Waals surface area contributed by atoms with Crippen molar-refractivity contribution in [2.45, 2.75) is 84.0 Å². The molecular formula is C24H43NO3. The minimum atomic E-state index is -1.18. The van der Waals surface area contributed by atoms with Crippen molar-refractivity contribution in [3.05, 3.63) is 29.8 Å². The Balaban J connectivity index is 0.000000609. The highest BCUT2D eigenvalue weighted by atomic mass is 16.4. The van der Waals surface area contributed by atoms with Gasteiger partial charge in [0.15, 0.2) is 0 Å². The average molecular weight is 394 g/mol. The summed E-state index contributed by atoms with van der Waals surface area (Å²) in [4.78, 5) is 10.2. The number of rotatable bonds is 14. The van der Waals surface area contributed by atoms with Crippen LogP contribution < -0.4 is 5.11 Å². The van der Waals surface area contributed by atoms with Crippen LogP contribution in [0.4, 0.5) is 0 Å². The monoisotopic (exact) mass is 393 g/mol. The van der Waals surface area contributed by atoms with E-state index in [1.165, 1.54) is 108 Å². The zero-order chi connectivity index (χ0) is 21.3. The normalized spacial score (nSPS) is 11.0. The Bertz CT molecular complexity index is 509. The van der Waals surface area contributed by atoms with Gasteiger partial charge >= 0.3 is 5.97 Å². The first-order valence-electron chi connectivity index (χ1n) is 11.1. The maximum atomic E-state index is 10.7. The van der Waals surface area contributed by atoms with E-state index in [9.17, 15) is 9.90 Å². The maximum Gasteiger partial charge on any atom is 0.335 e. The lowest BCUT2D eigenvalue weighted by molar-refractivity contribution is -0.870. The van der Waals surface area contributed by atoms with Crippen LogP contribution in [-0.2, 0) is 0 Å². The van der Waals surface area contributed by atoms with E-state index in [1.54, 1.807) is 0 Å². The lowest BCUT2D eigenvalue weighted by Gasteiger charge is -2.23. The molecule has 0 atom stereocenters. The molecule has 0 radical (unpaired) electrons. The quantitative estimate of drug-likeness (QED) is 0.318. The summed E-state index contributed by atoms with van der Waals surface area (Å²) in [6, 6.07) is 5.54. The van der Waals surface area contributed by atoms with Crippen molar-refractivity contribution in [3.63, 3.8) is 0 Å². The van der Waals surface area contributed by atoms with Gasteiger partial charge in [0, 0.05) is 0 Å². The third kappa shape index (κ3) is 16.6. The fourth-order valence-corrected chi connectivity index (χ4v) is 3.07. The summed E-state index contributed by atoms with van der Waals surface area (Å²) >= 11 is 0. The summed E-state index contributed by atoms with van der Waals surface area (Å²) in [7, 11) is 6.87. The number of carboxylic acids is 1. The molecule has 28 heavy (non-hydrogen) atoms. The SMILES string of the molecule is CCCCCCCCCCCCCC[N+](C)(C)C.O=C(O)c1ccccc1[O-]. The van der Waals surface area contributed by atoms with E-state index >= 15 is 0 Å². The Labute approximate surface area is 173 Å². The molecule has 4 nitrogen and oxygen atoms in total. The second-order valence-corrected chi connectivity index (χ2v) is 8.70. The first-order chi connectivity index (χ1) is 13.3. The smallest absolute Gasteiger partial charge is 0.335 e. The Morgan fingerprint density at radius 3 is 1.61 bits per heavy atom. The summed E-state index contributed by atoms with van der Waals surface area (Å²) in [6.07, 6.45) is 17.4. The van der Waals surface area contributed by atoms with E-state index < -0.39 is 11.7 Å². The molecule has 1 N–H and O–H groups in total. The van der Waals surface area contributed by atoms with Crippen molar-refractivity contribution in [2.24, 2.45) is 0 Å². The molecule has 0 amide bonds. The van der Waals surface area contributed by atoms with Crippen LogP contribution in [0.1, 0.15) is 94.3 Å². The molecule has 4 heteroatoms. The number of hydrogen-bond donors (Lipinski definition) is 1. The van der Waals surface area contributed by atoms with Crippen molar-refractivity contribution in [1.29, 1.82) is 0 Å². The molecule has 0 heterocycles. The van der Waals surface area contributed by atoms with E-state index in [4.69, 9.17) is 5.11 Å².